The number of nitrogens with zero attached hydrogens (tertiary/aromatic N) is 2. The van der Waals surface area contributed by atoms with Crippen molar-refractivity contribution in [3.63, 3.8) is 0 Å². The fourth-order valence-electron chi connectivity index (χ4n) is 2.90. The van der Waals surface area contributed by atoms with Crippen LogP contribution in [0.2, 0.25) is 0 Å². The van der Waals surface area contributed by atoms with Gasteiger partial charge >= 0.3 is 11.8 Å². The average Bonchev–Trinajstić information content (AvgIpc) is 2.62. The molecule has 2 rings (SSSR count). The van der Waals surface area contributed by atoms with Crippen molar-refractivity contribution < 1.29 is 14.7 Å². The zero-order chi connectivity index (χ0) is 18.2. The molecule has 1 saturated heterocycles. The van der Waals surface area contributed by atoms with Gasteiger partial charge in [0.15, 0.2) is 0 Å². The molecule has 0 aliphatic carbocycles. The number of hydrogen-bond acceptors (Lipinski definition) is 5. The summed E-state index contributed by atoms with van der Waals surface area (Å²) in [7, 11) is 2.10. The predicted octanol–water partition coefficient (Wildman–Crippen LogP) is -0.492. The van der Waals surface area contributed by atoms with Crippen LogP contribution < -0.4 is 10.6 Å². The molecule has 7 heteroatoms. The van der Waals surface area contributed by atoms with Gasteiger partial charge < -0.3 is 20.6 Å². The Morgan fingerprint density at radius 1 is 1.08 bits per heavy atom. The molecule has 0 aromatic heterocycles. The molecular formula is C18H28N4O3. The summed E-state index contributed by atoms with van der Waals surface area (Å²) < 4.78 is 0. The van der Waals surface area contributed by atoms with E-state index < -0.39 is 11.8 Å². The van der Waals surface area contributed by atoms with E-state index in [-0.39, 0.29) is 19.2 Å². The van der Waals surface area contributed by atoms with Crippen molar-refractivity contribution in [1.82, 2.24) is 20.4 Å². The second kappa shape index (κ2) is 9.50. The second-order valence-electron chi connectivity index (χ2n) is 6.46. The monoisotopic (exact) mass is 348 g/mol. The summed E-state index contributed by atoms with van der Waals surface area (Å²) in [6, 6.07) is 8.32. The van der Waals surface area contributed by atoms with E-state index in [0.29, 0.717) is 6.54 Å². The largest absolute Gasteiger partial charge is 0.395 e. The Labute approximate surface area is 149 Å². The van der Waals surface area contributed by atoms with Crippen LogP contribution in [0.25, 0.3) is 0 Å². The molecule has 0 bridgehead atoms. The molecule has 3 N–H and O–H groups in total. The highest BCUT2D eigenvalue weighted by molar-refractivity contribution is 6.35. The minimum absolute atomic E-state index is 0.0314. The molecule has 1 unspecified atom stereocenters. The summed E-state index contributed by atoms with van der Waals surface area (Å²) >= 11 is 0. The normalized spacial score (nSPS) is 17.1. The Bertz CT molecular complexity index is 568. The summed E-state index contributed by atoms with van der Waals surface area (Å²) in [5.41, 5.74) is 2.32. The van der Waals surface area contributed by atoms with E-state index in [0.717, 1.165) is 31.7 Å². The van der Waals surface area contributed by atoms with Crippen LogP contribution >= 0.6 is 0 Å². The molecule has 0 radical (unpaired) electrons. The number of amides is 2. The molecule has 0 saturated carbocycles. The quantitative estimate of drug-likeness (QED) is 0.604. The smallest absolute Gasteiger partial charge is 0.309 e. The fraction of sp³-hybridized carbons (Fsp3) is 0.556. The van der Waals surface area contributed by atoms with E-state index >= 15 is 0 Å². The molecule has 7 nitrogen and oxygen atoms in total. The van der Waals surface area contributed by atoms with E-state index in [9.17, 15) is 9.59 Å². The number of aliphatic hydroxyl groups excluding tert-OH is 1. The molecule has 2 amide bonds. The lowest BCUT2D eigenvalue weighted by Crippen LogP contribution is -2.49. The van der Waals surface area contributed by atoms with Gasteiger partial charge in [0.1, 0.15) is 0 Å². The van der Waals surface area contributed by atoms with Gasteiger partial charge in [-0.15, -0.1) is 0 Å². The molecule has 1 aromatic rings. The van der Waals surface area contributed by atoms with Gasteiger partial charge in [-0.05, 0) is 19.5 Å². The molecule has 1 aliphatic rings. The standard InChI is InChI=1S/C18H28N4O3/c1-14-3-5-15(6-4-14)16(22-10-8-21(2)9-11-22)13-20-18(25)17(24)19-7-12-23/h3-6,16,23H,7-13H2,1-2H3,(H,19,24)(H,20,25). The number of piperazine rings is 1. The Balaban J connectivity index is 2.03. The van der Waals surface area contributed by atoms with Crippen LogP contribution in [-0.2, 0) is 9.59 Å². The van der Waals surface area contributed by atoms with E-state index in [1.54, 1.807) is 0 Å². The van der Waals surface area contributed by atoms with Crippen molar-refractivity contribution in [2.45, 2.75) is 13.0 Å². The van der Waals surface area contributed by atoms with Gasteiger partial charge in [0.05, 0.1) is 12.6 Å². The number of rotatable bonds is 6. The first-order valence-electron chi connectivity index (χ1n) is 8.67. The molecule has 1 aliphatic heterocycles. The Hall–Kier alpha value is -1.96. The van der Waals surface area contributed by atoms with E-state index in [2.05, 4.69) is 51.7 Å². The van der Waals surface area contributed by atoms with Gasteiger partial charge in [-0.2, -0.15) is 0 Å². The minimum atomic E-state index is -0.713. The maximum Gasteiger partial charge on any atom is 0.309 e. The number of aryl methyl sites for hydroxylation is 1. The first-order chi connectivity index (χ1) is 12.0. The third-order valence-corrected chi connectivity index (χ3v) is 4.50. The topological polar surface area (TPSA) is 84.9 Å². The molecule has 0 spiro atoms. The molecule has 138 valence electrons. The summed E-state index contributed by atoms with van der Waals surface area (Å²) in [6.45, 7) is 6.10. The molecule has 25 heavy (non-hydrogen) atoms. The maximum absolute atomic E-state index is 11.9. The van der Waals surface area contributed by atoms with Crippen molar-refractivity contribution in [2.24, 2.45) is 0 Å². The Morgan fingerprint density at radius 2 is 1.68 bits per heavy atom. The van der Waals surface area contributed by atoms with E-state index in [1.807, 2.05) is 6.92 Å². The summed E-state index contributed by atoms with van der Waals surface area (Å²) in [5.74, 6) is -1.38. The lowest BCUT2D eigenvalue weighted by atomic mass is 10.0. The summed E-state index contributed by atoms with van der Waals surface area (Å²) in [4.78, 5) is 28.2. The molecule has 1 heterocycles. The van der Waals surface area contributed by atoms with Crippen molar-refractivity contribution >= 4 is 11.8 Å². The van der Waals surface area contributed by atoms with Crippen molar-refractivity contribution in [3.8, 4) is 0 Å². The zero-order valence-electron chi connectivity index (χ0n) is 15.0. The summed E-state index contributed by atoms with van der Waals surface area (Å²) in [5, 5.41) is 13.8. The Morgan fingerprint density at radius 3 is 2.28 bits per heavy atom. The third-order valence-electron chi connectivity index (χ3n) is 4.50. The molecule has 1 aromatic carbocycles. The van der Waals surface area contributed by atoms with Gasteiger partial charge in [-0.1, -0.05) is 29.8 Å². The lowest BCUT2D eigenvalue weighted by molar-refractivity contribution is -0.139. The maximum atomic E-state index is 11.9. The van der Waals surface area contributed by atoms with E-state index in [1.165, 1.54) is 5.56 Å². The number of aliphatic hydroxyl groups is 1. The van der Waals surface area contributed by atoms with Crippen molar-refractivity contribution in [2.75, 3.05) is 52.9 Å². The van der Waals surface area contributed by atoms with Gasteiger partial charge in [0.25, 0.3) is 0 Å². The minimum Gasteiger partial charge on any atom is -0.395 e. The van der Waals surface area contributed by atoms with Gasteiger partial charge in [0.2, 0.25) is 0 Å². The second-order valence-corrected chi connectivity index (χ2v) is 6.46. The van der Waals surface area contributed by atoms with Crippen LogP contribution in [0.15, 0.2) is 24.3 Å². The van der Waals surface area contributed by atoms with Crippen LogP contribution in [0, 0.1) is 6.92 Å². The van der Waals surface area contributed by atoms with E-state index in [4.69, 9.17) is 5.11 Å². The van der Waals surface area contributed by atoms with Crippen LogP contribution in [-0.4, -0.2) is 79.6 Å². The number of nitrogens with one attached hydrogen (secondary N) is 2. The van der Waals surface area contributed by atoms with Crippen molar-refractivity contribution in [3.05, 3.63) is 35.4 Å². The van der Waals surface area contributed by atoms with Crippen molar-refractivity contribution in [1.29, 1.82) is 0 Å². The highest BCUT2D eigenvalue weighted by Gasteiger charge is 2.25. The summed E-state index contributed by atoms with van der Waals surface area (Å²) in [6.07, 6.45) is 0. The predicted molar refractivity (Wildman–Crippen MR) is 96.1 cm³/mol. The first-order valence-corrected chi connectivity index (χ1v) is 8.67. The van der Waals surface area contributed by atoms with Crippen LogP contribution in [0.1, 0.15) is 17.2 Å². The zero-order valence-corrected chi connectivity index (χ0v) is 15.0. The number of hydrogen-bond donors (Lipinski definition) is 3. The fourth-order valence-corrected chi connectivity index (χ4v) is 2.90. The lowest BCUT2D eigenvalue weighted by Gasteiger charge is -2.38. The van der Waals surface area contributed by atoms with Crippen LogP contribution in [0.3, 0.4) is 0 Å². The number of benzene rings is 1. The highest BCUT2D eigenvalue weighted by Crippen LogP contribution is 2.22. The first kappa shape index (κ1) is 19.4. The number of carbonyl (C=O) groups excluding carboxylic acids is 2. The van der Waals surface area contributed by atoms with Crippen LogP contribution in [0.5, 0.6) is 0 Å². The van der Waals surface area contributed by atoms with Gasteiger partial charge in [-0.3, -0.25) is 14.5 Å². The number of carbonyl (C=O) groups is 2. The average molecular weight is 348 g/mol. The Kier molecular flexibility index (Phi) is 7.36. The third kappa shape index (κ3) is 5.81. The highest BCUT2D eigenvalue weighted by atomic mass is 16.3. The molecular weight excluding hydrogens is 320 g/mol. The molecule has 1 atom stereocenters. The SMILES string of the molecule is Cc1ccc(C(CNC(=O)C(=O)NCCO)N2CCN(C)CC2)cc1. The van der Waals surface area contributed by atoms with Gasteiger partial charge in [0, 0.05) is 39.3 Å². The van der Waals surface area contributed by atoms with Crippen LogP contribution in [0.4, 0.5) is 0 Å². The number of likely N-dealkylation sites (N-methyl/N-ethyl adjacent to an activating group) is 1. The van der Waals surface area contributed by atoms with Gasteiger partial charge in [-0.25, -0.2) is 0 Å². The molecule has 1 fully saturated rings.